The van der Waals surface area contributed by atoms with Crippen molar-refractivity contribution in [3.63, 3.8) is 0 Å². The molecule has 0 aliphatic carbocycles. The number of nitrogens with zero attached hydrogens (tertiary/aromatic N) is 3. The molecule has 0 saturated carbocycles. The summed E-state index contributed by atoms with van der Waals surface area (Å²) in [4.78, 5) is 18.6. The number of aromatic nitrogens is 3. The highest BCUT2D eigenvalue weighted by atomic mass is 32.1. The highest BCUT2D eigenvalue weighted by Crippen LogP contribution is 2.26. The van der Waals surface area contributed by atoms with Crippen LogP contribution in [0.5, 0.6) is 0 Å². The van der Waals surface area contributed by atoms with Gasteiger partial charge in [0.2, 0.25) is 0 Å². The lowest BCUT2D eigenvalue weighted by molar-refractivity contribution is 0.102. The van der Waals surface area contributed by atoms with E-state index in [9.17, 15) is 4.79 Å². The second kappa shape index (κ2) is 5.40. The van der Waals surface area contributed by atoms with Gasteiger partial charge in [-0.1, -0.05) is 0 Å². The van der Waals surface area contributed by atoms with E-state index in [2.05, 4.69) is 25.4 Å². The fourth-order valence-corrected chi connectivity index (χ4v) is 2.93. The summed E-state index contributed by atoms with van der Waals surface area (Å²) in [7, 11) is 0. The molecule has 19 heavy (non-hydrogen) atoms. The van der Waals surface area contributed by atoms with Crippen molar-refractivity contribution < 1.29 is 4.79 Å². The summed E-state index contributed by atoms with van der Waals surface area (Å²) in [5.41, 5.74) is 0.438. The first-order valence-corrected chi connectivity index (χ1v) is 7.22. The van der Waals surface area contributed by atoms with Gasteiger partial charge in [0.15, 0.2) is 5.13 Å². The first-order valence-electron chi connectivity index (χ1n) is 6.34. The third-order valence-corrected chi connectivity index (χ3v) is 4.01. The number of H-pyrrole nitrogens is 1. The number of nitrogens with one attached hydrogen (secondary N) is 2. The Hall–Kier alpha value is -1.89. The van der Waals surface area contributed by atoms with Gasteiger partial charge in [-0.05, 0) is 25.3 Å². The molecule has 1 fully saturated rings. The summed E-state index contributed by atoms with van der Waals surface area (Å²) < 4.78 is 0. The van der Waals surface area contributed by atoms with Crippen LogP contribution in [0.3, 0.4) is 0 Å². The molecule has 0 bridgehead atoms. The van der Waals surface area contributed by atoms with Gasteiger partial charge in [0, 0.05) is 24.7 Å². The predicted octanol–water partition coefficient (Wildman–Crippen LogP) is 2.11. The second-order valence-corrected chi connectivity index (χ2v) is 5.32. The van der Waals surface area contributed by atoms with Crippen LogP contribution in [0.1, 0.15) is 29.8 Å². The first-order chi connectivity index (χ1) is 9.33. The van der Waals surface area contributed by atoms with E-state index in [1.807, 2.05) is 5.38 Å². The summed E-state index contributed by atoms with van der Waals surface area (Å²) in [5.74, 6) is 0.387. The zero-order valence-electron chi connectivity index (χ0n) is 10.4. The van der Waals surface area contributed by atoms with Crippen LogP contribution in [0, 0.1) is 0 Å². The number of carbonyl (C=O) groups is 1. The van der Waals surface area contributed by atoms with Gasteiger partial charge >= 0.3 is 0 Å². The van der Waals surface area contributed by atoms with Crippen LogP contribution in [0.15, 0.2) is 17.6 Å². The molecule has 100 valence electrons. The number of thiazole rings is 1. The number of anilines is 2. The van der Waals surface area contributed by atoms with Gasteiger partial charge in [0.1, 0.15) is 11.5 Å². The van der Waals surface area contributed by atoms with Gasteiger partial charge in [-0.3, -0.25) is 9.89 Å². The van der Waals surface area contributed by atoms with E-state index in [4.69, 9.17) is 0 Å². The molecule has 7 heteroatoms. The van der Waals surface area contributed by atoms with Crippen LogP contribution in [-0.4, -0.2) is 34.2 Å². The highest BCUT2D eigenvalue weighted by molar-refractivity contribution is 7.14. The molecule has 0 aromatic carbocycles. The number of hydrogen-bond acceptors (Lipinski definition) is 5. The molecule has 2 N–H and O–H groups in total. The van der Waals surface area contributed by atoms with Gasteiger partial charge in [-0.2, -0.15) is 5.10 Å². The number of hydrogen-bond donors (Lipinski definition) is 2. The second-order valence-electron chi connectivity index (χ2n) is 4.49. The fourth-order valence-electron chi connectivity index (χ4n) is 2.12. The van der Waals surface area contributed by atoms with E-state index in [1.165, 1.54) is 19.3 Å². The lowest BCUT2D eigenvalue weighted by Gasteiger charge is -2.25. The Kier molecular flexibility index (Phi) is 3.45. The lowest BCUT2D eigenvalue weighted by Crippen LogP contribution is -2.29. The maximum Gasteiger partial charge on any atom is 0.274 e. The standard InChI is InChI=1S/C12H15N5OS/c18-11(9-4-5-13-16-9)14-10-8-19-12(15-10)17-6-2-1-3-7-17/h4-5,8H,1-3,6-7H2,(H,13,16)(H,14,18). The molecule has 0 spiro atoms. The van der Waals surface area contributed by atoms with Crippen LogP contribution in [0.4, 0.5) is 10.9 Å². The lowest BCUT2D eigenvalue weighted by atomic mass is 10.1. The van der Waals surface area contributed by atoms with E-state index in [0.717, 1.165) is 18.2 Å². The first kappa shape index (κ1) is 12.2. The minimum absolute atomic E-state index is 0.215. The minimum Gasteiger partial charge on any atom is -0.348 e. The Labute approximate surface area is 114 Å². The van der Waals surface area contributed by atoms with Gasteiger partial charge in [-0.15, -0.1) is 11.3 Å². The maximum atomic E-state index is 11.8. The molecule has 1 amide bonds. The number of amides is 1. The minimum atomic E-state index is -0.215. The molecular weight excluding hydrogens is 262 g/mol. The van der Waals surface area contributed by atoms with Crippen molar-refractivity contribution in [2.75, 3.05) is 23.3 Å². The predicted molar refractivity (Wildman–Crippen MR) is 74.7 cm³/mol. The highest BCUT2D eigenvalue weighted by Gasteiger charge is 2.15. The van der Waals surface area contributed by atoms with Crippen LogP contribution < -0.4 is 10.2 Å². The zero-order valence-corrected chi connectivity index (χ0v) is 11.2. The van der Waals surface area contributed by atoms with Crippen molar-refractivity contribution >= 4 is 28.2 Å². The van der Waals surface area contributed by atoms with Crippen LogP contribution >= 0.6 is 11.3 Å². The molecule has 1 aliphatic heterocycles. The van der Waals surface area contributed by atoms with E-state index in [1.54, 1.807) is 23.6 Å². The molecular formula is C12H15N5OS. The topological polar surface area (TPSA) is 73.9 Å². The van der Waals surface area contributed by atoms with Crippen molar-refractivity contribution in [1.29, 1.82) is 0 Å². The third-order valence-electron chi connectivity index (χ3n) is 3.11. The van der Waals surface area contributed by atoms with Crippen molar-refractivity contribution in [2.24, 2.45) is 0 Å². The van der Waals surface area contributed by atoms with Gasteiger partial charge in [-0.25, -0.2) is 4.98 Å². The largest absolute Gasteiger partial charge is 0.348 e. The normalized spacial score (nSPS) is 15.5. The SMILES string of the molecule is O=C(Nc1csc(N2CCCCC2)n1)c1ccn[nH]1. The van der Waals surface area contributed by atoms with Crippen LogP contribution in [0.2, 0.25) is 0 Å². The number of piperidine rings is 1. The van der Waals surface area contributed by atoms with E-state index in [0.29, 0.717) is 11.5 Å². The maximum absolute atomic E-state index is 11.8. The zero-order chi connectivity index (χ0) is 13.1. The Morgan fingerprint density at radius 3 is 2.95 bits per heavy atom. The van der Waals surface area contributed by atoms with Crippen molar-refractivity contribution in [3.05, 3.63) is 23.3 Å². The molecule has 6 nitrogen and oxygen atoms in total. The summed E-state index contributed by atoms with van der Waals surface area (Å²) >= 11 is 1.57. The number of rotatable bonds is 3. The average Bonchev–Trinajstić information content (AvgIpc) is 3.11. The molecule has 0 atom stereocenters. The third kappa shape index (κ3) is 2.76. The fraction of sp³-hybridized carbons (Fsp3) is 0.417. The molecule has 3 heterocycles. The number of carbonyl (C=O) groups excluding carboxylic acids is 1. The molecule has 3 rings (SSSR count). The quantitative estimate of drug-likeness (QED) is 0.901. The summed E-state index contributed by atoms with van der Waals surface area (Å²) in [6, 6.07) is 1.63. The van der Waals surface area contributed by atoms with Crippen molar-refractivity contribution in [2.45, 2.75) is 19.3 Å². The Morgan fingerprint density at radius 2 is 2.21 bits per heavy atom. The van der Waals surface area contributed by atoms with E-state index in [-0.39, 0.29) is 5.91 Å². The molecule has 1 saturated heterocycles. The monoisotopic (exact) mass is 277 g/mol. The van der Waals surface area contributed by atoms with Gasteiger partial charge in [0.05, 0.1) is 0 Å². The van der Waals surface area contributed by atoms with E-state index >= 15 is 0 Å². The molecule has 1 aliphatic rings. The van der Waals surface area contributed by atoms with Crippen LogP contribution in [0.25, 0.3) is 0 Å². The molecule has 0 unspecified atom stereocenters. The Morgan fingerprint density at radius 1 is 1.37 bits per heavy atom. The van der Waals surface area contributed by atoms with Crippen LogP contribution in [-0.2, 0) is 0 Å². The summed E-state index contributed by atoms with van der Waals surface area (Å²) in [5, 5.41) is 12.0. The molecule has 2 aromatic heterocycles. The van der Waals surface area contributed by atoms with E-state index < -0.39 is 0 Å². The average molecular weight is 277 g/mol. The Bertz CT molecular complexity index is 544. The smallest absolute Gasteiger partial charge is 0.274 e. The number of aromatic amines is 1. The van der Waals surface area contributed by atoms with Crippen molar-refractivity contribution in [1.82, 2.24) is 15.2 Å². The molecule has 0 radical (unpaired) electrons. The Balaban J connectivity index is 1.66. The summed E-state index contributed by atoms with van der Waals surface area (Å²) in [6.07, 6.45) is 5.28. The van der Waals surface area contributed by atoms with Crippen molar-refractivity contribution in [3.8, 4) is 0 Å². The summed E-state index contributed by atoms with van der Waals surface area (Å²) in [6.45, 7) is 2.11. The van der Waals surface area contributed by atoms with Gasteiger partial charge < -0.3 is 10.2 Å². The molecule has 2 aromatic rings. The van der Waals surface area contributed by atoms with Gasteiger partial charge in [0.25, 0.3) is 5.91 Å².